The van der Waals surface area contributed by atoms with E-state index in [1.807, 2.05) is 13.8 Å². The van der Waals surface area contributed by atoms with Crippen molar-refractivity contribution in [3.05, 3.63) is 24.3 Å². The normalized spacial score (nSPS) is 15.8. The molecule has 1 aromatic rings. The second-order valence-corrected chi connectivity index (χ2v) is 6.33. The van der Waals surface area contributed by atoms with Crippen LogP contribution in [0.3, 0.4) is 0 Å². The van der Waals surface area contributed by atoms with E-state index in [4.69, 9.17) is 0 Å². The fraction of sp³-hybridized carbons (Fsp3) is 0.500. The van der Waals surface area contributed by atoms with Gasteiger partial charge in [-0.3, -0.25) is 14.5 Å². The van der Waals surface area contributed by atoms with Crippen molar-refractivity contribution in [2.45, 2.75) is 51.7 Å². The number of nitrogens with zero attached hydrogens (tertiary/aromatic N) is 1. The highest BCUT2D eigenvalue weighted by atomic mass is 19.3. The van der Waals surface area contributed by atoms with Gasteiger partial charge in [0.2, 0.25) is 5.91 Å². The highest BCUT2D eigenvalue weighted by Gasteiger charge is 2.50. The molecule has 1 aliphatic rings. The van der Waals surface area contributed by atoms with E-state index in [9.17, 15) is 23.2 Å². The lowest BCUT2D eigenvalue weighted by Crippen LogP contribution is -2.47. The number of ether oxygens (including phenoxy) is 1. The average Bonchev–Trinajstić information content (AvgIpc) is 2.81. The zero-order valence-electron chi connectivity index (χ0n) is 15.3. The molecule has 4 amide bonds. The van der Waals surface area contributed by atoms with Gasteiger partial charge in [0.15, 0.2) is 0 Å². The molecule has 0 bridgehead atoms. The number of hydrogen-bond acceptors (Lipinski definition) is 4. The largest absolute Gasteiger partial charge is 0.433 e. The van der Waals surface area contributed by atoms with Gasteiger partial charge in [0.1, 0.15) is 17.8 Å². The minimum Gasteiger partial charge on any atom is -0.433 e. The summed E-state index contributed by atoms with van der Waals surface area (Å²) in [6.07, 6.45) is 2.36. The molecular formula is C18H23F2N3O4. The number of nitrogens with one attached hydrogen (secondary N) is 2. The molecule has 0 atom stereocenters. The Balaban J connectivity index is 2.10. The van der Waals surface area contributed by atoms with Gasteiger partial charge in [-0.25, -0.2) is 4.79 Å². The maximum absolute atomic E-state index is 12.8. The summed E-state index contributed by atoms with van der Waals surface area (Å²) in [4.78, 5) is 38.2. The first-order valence-electron chi connectivity index (χ1n) is 8.80. The van der Waals surface area contributed by atoms with E-state index in [2.05, 4.69) is 15.4 Å². The molecule has 1 saturated heterocycles. The molecule has 9 heteroatoms. The first-order chi connectivity index (χ1) is 12.8. The topological polar surface area (TPSA) is 87.7 Å². The van der Waals surface area contributed by atoms with Gasteiger partial charge in [0.05, 0.1) is 5.69 Å². The highest BCUT2D eigenvalue weighted by Crippen LogP contribution is 2.29. The summed E-state index contributed by atoms with van der Waals surface area (Å²) in [5.74, 6) is -1.33. The second-order valence-electron chi connectivity index (χ2n) is 6.33. The number of halogens is 2. The molecular weight excluding hydrogens is 360 g/mol. The number of alkyl halides is 2. The summed E-state index contributed by atoms with van der Waals surface area (Å²) < 4.78 is 29.3. The van der Waals surface area contributed by atoms with Crippen molar-refractivity contribution in [3.8, 4) is 5.75 Å². The van der Waals surface area contributed by atoms with Crippen LogP contribution in [0.2, 0.25) is 0 Å². The van der Waals surface area contributed by atoms with Crippen LogP contribution in [-0.4, -0.2) is 41.4 Å². The number of rotatable bonds is 9. The molecule has 1 aliphatic heterocycles. The lowest BCUT2D eigenvalue weighted by atomic mass is 9.88. The number of carbonyl (C=O) groups is 3. The molecule has 0 aromatic heterocycles. The first kappa shape index (κ1) is 20.6. The lowest BCUT2D eigenvalue weighted by Gasteiger charge is -2.25. The number of amides is 4. The number of benzene rings is 1. The molecule has 2 rings (SSSR count). The third kappa shape index (κ3) is 4.72. The monoisotopic (exact) mass is 383 g/mol. The van der Waals surface area contributed by atoms with E-state index in [1.165, 1.54) is 24.3 Å². The van der Waals surface area contributed by atoms with Crippen molar-refractivity contribution in [2.75, 3.05) is 11.9 Å². The number of anilines is 1. The van der Waals surface area contributed by atoms with Crippen molar-refractivity contribution < 1.29 is 27.9 Å². The van der Waals surface area contributed by atoms with E-state index in [-0.39, 0.29) is 11.4 Å². The van der Waals surface area contributed by atoms with E-state index in [0.717, 1.165) is 4.90 Å². The molecule has 148 valence electrons. The number of carbonyl (C=O) groups excluding carboxylic acids is 3. The Hall–Kier alpha value is -2.71. The summed E-state index contributed by atoms with van der Waals surface area (Å²) in [7, 11) is 0. The van der Waals surface area contributed by atoms with Gasteiger partial charge in [-0.05, 0) is 25.0 Å². The summed E-state index contributed by atoms with van der Waals surface area (Å²) in [6.45, 7) is 0.263. The van der Waals surface area contributed by atoms with Crippen LogP contribution in [0.1, 0.15) is 39.5 Å². The van der Waals surface area contributed by atoms with Crippen LogP contribution < -0.4 is 15.4 Å². The highest BCUT2D eigenvalue weighted by molar-refractivity contribution is 6.10. The summed E-state index contributed by atoms with van der Waals surface area (Å²) in [5.41, 5.74) is -0.958. The van der Waals surface area contributed by atoms with Gasteiger partial charge in [-0.1, -0.05) is 38.8 Å². The molecule has 2 N–H and O–H groups in total. The van der Waals surface area contributed by atoms with Crippen LogP contribution in [0.15, 0.2) is 24.3 Å². The predicted molar refractivity (Wildman–Crippen MR) is 94.5 cm³/mol. The van der Waals surface area contributed by atoms with Crippen LogP contribution in [0.5, 0.6) is 5.75 Å². The maximum Gasteiger partial charge on any atom is 0.387 e. The fourth-order valence-electron chi connectivity index (χ4n) is 3.24. The number of urea groups is 1. The maximum atomic E-state index is 12.8. The smallest absolute Gasteiger partial charge is 0.387 e. The number of imide groups is 1. The van der Waals surface area contributed by atoms with Gasteiger partial charge in [0, 0.05) is 0 Å². The quantitative estimate of drug-likeness (QED) is 0.642. The van der Waals surface area contributed by atoms with Crippen molar-refractivity contribution in [1.82, 2.24) is 10.2 Å². The number of para-hydroxylation sites is 2. The zero-order chi connectivity index (χ0) is 20.0. The Labute approximate surface area is 156 Å². The first-order valence-corrected chi connectivity index (χ1v) is 8.80. The molecule has 0 radical (unpaired) electrons. The molecule has 1 aromatic carbocycles. The minimum atomic E-state index is -3.04. The average molecular weight is 383 g/mol. The Bertz CT molecular complexity index is 706. The molecule has 0 spiro atoms. The third-order valence-corrected chi connectivity index (χ3v) is 4.28. The van der Waals surface area contributed by atoms with Crippen LogP contribution in [0.25, 0.3) is 0 Å². The lowest BCUT2D eigenvalue weighted by molar-refractivity contribution is -0.134. The van der Waals surface area contributed by atoms with E-state index < -0.39 is 36.5 Å². The zero-order valence-corrected chi connectivity index (χ0v) is 15.3. The van der Waals surface area contributed by atoms with Crippen molar-refractivity contribution in [1.29, 1.82) is 0 Å². The second kappa shape index (κ2) is 8.79. The van der Waals surface area contributed by atoms with Crippen molar-refractivity contribution in [2.24, 2.45) is 0 Å². The molecule has 1 fully saturated rings. The molecule has 7 nitrogen and oxygen atoms in total. The van der Waals surface area contributed by atoms with Crippen molar-refractivity contribution >= 4 is 23.5 Å². The molecule has 0 aliphatic carbocycles. The van der Waals surface area contributed by atoms with Gasteiger partial charge in [0.25, 0.3) is 5.91 Å². The van der Waals surface area contributed by atoms with Crippen LogP contribution in [0, 0.1) is 0 Å². The van der Waals surface area contributed by atoms with Crippen LogP contribution in [0.4, 0.5) is 19.3 Å². The van der Waals surface area contributed by atoms with Gasteiger partial charge >= 0.3 is 12.6 Å². The van der Waals surface area contributed by atoms with Gasteiger partial charge in [-0.15, -0.1) is 0 Å². The van der Waals surface area contributed by atoms with E-state index in [1.54, 1.807) is 0 Å². The summed E-state index contributed by atoms with van der Waals surface area (Å²) >= 11 is 0. The minimum absolute atomic E-state index is 0.0308. The Kier molecular flexibility index (Phi) is 6.70. The third-order valence-electron chi connectivity index (χ3n) is 4.28. The number of hydrogen-bond donors (Lipinski definition) is 2. The Morgan fingerprint density at radius 1 is 1.22 bits per heavy atom. The Morgan fingerprint density at radius 3 is 2.44 bits per heavy atom. The van der Waals surface area contributed by atoms with Crippen LogP contribution in [-0.2, 0) is 9.59 Å². The standard InChI is InChI=1S/C18H23F2N3O4/c1-3-9-18(10-4-2)15(25)23(17(26)22-18)11-14(24)21-12-7-5-6-8-13(12)27-16(19)20/h5-8,16H,3-4,9-11H2,1-2H3,(H,21,24)(H,22,26). The SMILES string of the molecule is CCCC1(CCC)NC(=O)N(CC(=O)Nc2ccccc2OC(F)F)C1=O. The van der Waals surface area contributed by atoms with Gasteiger partial charge < -0.3 is 15.4 Å². The van der Waals surface area contributed by atoms with E-state index >= 15 is 0 Å². The molecule has 0 saturated carbocycles. The van der Waals surface area contributed by atoms with Crippen LogP contribution >= 0.6 is 0 Å². The van der Waals surface area contributed by atoms with Gasteiger partial charge in [-0.2, -0.15) is 8.78 Å². The van der Waals surface area contributed by atoms with E-state index in [0.29, 0.717) is 25.7 Å². The molecule has 1 heterocycles. The summed E-state index contributed by atoms with van der Waals surface area (Å²) in [5, 5.41) is 5.11. The molecule has 27 heavy (non-hydrogen) atoms. The Morgan fingerprint density at radius 2 is 1.85 bits per heavy atom. The van der Waals surface area contributed by atoms with Crippen molar-refractivity contribution in [3.63, 3.8) is 0 Å². The fourth-order valence-corrected chi connectivity index (χ4v) is 3.24. The summed E-state index contributed by atoms with van der Waals surface area (Å²) in [6, 6.07) is 5.06. The predicted octanol–water partition coefficient (Wildman–Crippen LogP) is 3.12. The molecule has 0 unspecified atom stereocenters.